The van der Waals surface area contributed by atoms with Gasteiger partial charge in [0.05, 0.1) is 13.5 Å². The zero-order chi connectivity index (χ0) is 17.5. The van der Waals surface area contributed by atoms with Crippen LogP contribution in [0.3, 0.4) is 0 Å². The summed E-state index contributed by atoms with van der Waals surface area (Å²) in [7, 11) is 1.41. The molecule has 0 bridgehead atoms. The molecule has 0 radical (unpaired) electrons. The van der Waals surface area contributed by atoms with E-state index in [4.69, 9.17) is 0 Å². The lowest BCUT2D eigenvalue weighted by molar-refractivity contribution is -0.139. The summed E-state index contributed by atoms with van der Waals surface area (Å²) in [6.45, 7) is 10.8. The highest BCUT2D eigenvalue weighted by molar-refractivity contribution is 5.72. The highest BCUT2D eigenvalue weighted by Gasteiger charge is 2.26. The molecule has 0 aromatic heterocycles. The lowest BCUT2D eigenvalue weighted by atomic mass is 9.73. The van der Waals surface area contributed by atoms with E-state index in [1.54, 1.807) is 0 Å². The fourth-order valence-electron chi connectivity index (χ4n) is 2.78. The van der Waals surface area contributed by atoms with Crippen molar-refractivity contribution >= 4 is 5.97 Å². The van der Waals surface area contributed by atoms with Crippen molar-refractivity contribution in [2.24, 2.45) is 5.41 Å². The maximum atomic E-state index is 11.2. The Morgan fingerprint density at radius 2 is 2.00 bits per heavy atom. The molecule has 23 heavy (non-hydrogen) atoms. The Bertz CT molecular complexity index is 581. The Morgan fingerprint density at radius 3 is 2.61 bits per heavy atom. The fraction of sp³-hybridized carbons (Fsp3) is 0.476. The smallest absolute Gasteiger partial charge is 0.309 e. The van der Waals surface area contributed by atoms with Crippen LogP contribution in [0.15, 0.2) is 58.7 Å². The van der Waals surface area contributed by atoms with E-state index < -0.39 is 0 Å². The largest absolute Gasteiger partial charge is 0.469 e. The van der Waals surface area contributed by atoms with Gasteiger partial charge in [-0.2, -0.15) is 0 Å². The van der Waals surface area contributed by atoms with Crippen LogP contribution in [-0.2, 0) is 9.53 Å². The SMILES string of the molecule is COC(=O)C/C(C)=C/C=C/C(C)=C/C=C1/C(C)=CCCC1(C)C. The Balaban J connectivity index is 2.77. The molecule has 0 aliphatic heterocycles. The summed E-state index contributed by atoms with van der Waals surface area (Å²) in [5.41, 5.74) is 5.24. The number of rotatable bonds is 5. The van der Waals surface area contributed by atoms with Gasteiger partial charge in [-0.15, -0.1) is 0 Å². The monoisotopic (exact) mass is 314 g/mol. The van der Waals surface area contributed by atoms with Crippen LogP contribution >= 0.6 is 0 Å². The van der Waals surface area contributed by atoms with E-state index in [1.165, 1.54) is 36.7 Å². The van der Waals surface area contributed by atoms with Crippen molar-refractivity contribution in [3.8, 4) is 0 Å². The number of allylic oxidation sites excluding steroid dienone is 9. The summed E-state index contributed by atoms with van der Waals surface area (Å²) in [5.74, 6) is -0.203. The molecule has 126 valence electrons. The van der Waals surface area contributed by atoms with Crippen LogP contribution in [0.1, 0.15) is 53.9 Å². The molecule has 0 saturated carbocycles. The molecular formula is C21H30O2. The lowest BCUT2D eigenvalue weighted by Gasteiger charge is -2.32. The first-order valence-electron chi connectivity index (χ1n) is 8.23. The molecule has 1 aliphatic rings. The highest BCUT2D eigenvalue weighted by atomic mass is 16.5. The Morgan fingerprint density at radius 1 is 1.30 bits per heavy atom. The van der Waals surface area contributed by atoms with Gasteiger partial charge >= 0.3 is 5.97 Å². The van der Waals surface area contributed by atoms with Gasteiger partial charge in [0.15, 0.2) is 0 Å². The molecule has 2 heteroatoms. The highest BCUT2D eigenvalue weighted by Crippen LogP contribution is 2.40. The zero-order valence-corrected chi connectivity index (χ0v) is 15.4. The van der Waals surface area contributed by atoms with Crippen molar-refractivity contribution < 1.29 is 9.53 Å². The lowest BCUT2D eigenvalue weighted by Crippen LogP contribution is -2.18. The Hall–Kier alpha value is -1.83. The molecule has 1 rings (SSSR count). The molecule has 0 saturated heterocycles. The molecule has 0 aromatic rings. The van der Waals surface area contributed by atoms with Crippen LogP contribution in [0.4, 0.5) is 0 Å². The molecule has 1 aliphatic carbocycles. The second kappa shape index (κ2) is 8.71. The molecular weight excluding hydrogens is 284 g/mol. The standard InChI is InChI=1S/C21H30O2/c1-16(9-7-10-17(2)15-20(22)23-6)12-13-19-18(3)11-8-14-21(19,4)5/h7,9-13H,8,14-15H2,1-6H3/b9-7+,16-12+,17-10+,19-13-. The molecule has 0 amide bonds. The second-order valence-electron chi connectivity index (χ2n) is 6.93. The van der Waals surface area contributed by atoms with Crippen LogP contribution in [0.5, 0.6) is 0 Å². The van der Waals surface area contributed by atoms with Crippen LogP contribution in [0.25, 0.3) is 0 Å². The van der Waals surface area contributed by atoms with E-state index in [0.29, 0.717) is 6.42 Å². The number of esters is 1. The van der Waals surface area contributed by atoms with Crippen LogP contribution in [-0.4, -0.2) is 13.1 Å². The van der Waals surface area contributed by atoms with Crippen LogP contribution < -0.4 is 0 Å². The third kappa shape index (κ3) is 6.43. The van der Waals surface area contributed by atoms with E-state index in [1.807, 2.05) is 19.1 Å². The molecule has 2 nitrogen and oxygen atoms in total. The van der Waals surface area contributed by atoms with Gasteiger partial charge in [-0.25, -0.2) is 0 Å². The summed E-state index contributed by atoms with van der Waals surface area (Å²) >= 11 is 0. The quantitative estimate of drug-likeness (QED) is 0.481. The normalized spacial score (nSPS) is 20.8. The first-order chi connectivity index (χ1) is 10.8. The Labute approximate surface area is 141 Å². The van der Waals surface area contributed by atoms with Gasteiger partial charge in [-0.3, -0.25) is 4.79 Å². The number of carbonyl (C=O) groups excluding carboxylic acids is 1. The summed E-state index contributed by atoms with van der Waals surface area (Å²) in [6, 6.07) is 0. The van der Waals surface area contributed by atoms with Crippen molar-refractivity contribution in [1.82, 2.24) is 0 Å². The van der Waals surface area contributed by atoms with E-state index in [9.17, 15) is 4.79 Å². The van der Waals surface area contributed by atoms with Gasteiger partial charge in [-0.1, -0.05) is 67.0 Å². The van der Waals surface area contributed by atoms with Crippen molar-refractivity contribution in [2.45, 2.75) is 53.9 Å². The van der Waals surface area contributed by atoms with Crippen molar-refractivity contribution in [3.05, 3.63) is 58.7 Å². The van der Waals surface area contributed by atoms with Gasteiger partial charge in [-0.05, 0) is 44.6 Å². The zero-order valence-electron chi connectivity index (χ0n) is 15.4. The average Bonchev–Trinajstić information content (AvgIpc) is 2.45. The van der Waals surface area contributed by atoms with E-state index in [-0.39, 0.29) is 11.4 Å². The number of ether oxygens (including phenoxy) is 1. The predicted molar refractivity (Wildman–Crippen MR) is 98.1 cm³/mol. The molecule has 0 aromatic carbocycles. The summed E-state index contributed by atoms with van der Waals surface area (Å²) in [6.07, 6.45) is 15.5. The third-order valence-electron chi connectivity index (χ3n) is 4.28. The van der Waals surface area contributed by atoms with E-state index in [0.717, 1.165) is 5.57 Å². The average molecular weight is 314 g/mol. The predicted octanol–water partition coefficient (Wildman–Crippen LogP) is 5.69. The molecule has 0 atom stereocenters. The number of hydrogen-bond acceptors (Lipinski definition) is 2. The minimum absolute atomic E-state index is 0.203. The Kier molecular flexibility index (Phi) is 7.28. The van der Waals surface area contributed by atoms with E-state index >= 15 is 0 Å². The maximum absolute atomic E-state index is 11.2. The topological polar surface area (TPSA) is 26.3 Å². The summed E-state index contributed by atoms with van der Waals surface area (Å²) in [4.78, 5) is 11.2. The minimum atomic E-state index is -0.203. The number of hydrogen-bond donors (Lipinski definition) is 0. The van der Waals surface area contributed by atoms with Crippen molar-refractivity contribution in [3.63, 3.8) is 0 Å². The van der Waals surface area contributed by atoms with Crippen LogP contribution in [0.2, 0.25) is 0 Å². The van der Waals surface area contributed by atoms with Gasteiger partial charge in [0.2, 0.25) is 0 Å². The molecule has 0 spiro atoms. The van der Waals surface area contributed by atoms with E-state index in [2.05, 4.69) is 56.7 Å². The fourth-order valence-corrected chi connectivity index (χ4v) is 2.78. The first kappa shape index (κ1) is 19.2. The molecule has 0 heterocycles. The minimum Gasteiger partial charge on any atom is -0.469 e. The second-order valence-corrected chi connectivity index (χ2v) is 6.93. The maximum Gasteiger partial charge on any atom is 0.309 e. The van der Waals surface area contributed by atoms with Gasteiger partial charge in [0.25, 0.3) is 0 Å². The van der Waals surface area contributed by atoms with Crippen molar-refractivity contribution in [2.75, 3.05) is 7.11 Å². The molecule has 0 unspecified atom stereocenters. The first-order valence-corrected chi connectivity index (χ1v) is 8.23. The van der Waals surface area contributed by atoms with Crippen molar-refractivity contribution in [1.29, 1.82) is 0 Å². The van der Waals surface area contributed by atoms with Crippen LogP contribution in [0, 0.1) is 5.41 Å². The van der Waals surface area contributed by atoms with Gasteiger partial charge < -0.3 is 4.74 Å². The number of carbonyl (C=O) groups is 1. The summed E-state index contributed by atoms with van der Waals surface area (Å²) < 4.78 is 4.66. The number of methoxy groups -OCH3 is 1. The van der Waals surface area contributed by atoms with Gasteiger partial charge in [0, 0.05) is 0 Å². The van der Waals surface area contributed by atoms with Gasteiger partial charge in [0.1, 0.15) is 0 Å². The summed E-state index contributed by atoms with van der Waals surface area (Å²) in [5, 5.41) is 0. The molecule has 0 N–H and O–H groups in total. The third-order valence-corrected chi connectivity index (χ3v) is 4.28. The molecule has 0 fully saturated rings.